The van der Waals surface area contributed by atoms with E-state index in [0.29, 0.717) is 39.4 Å². The van der Waals surface area contributed by atoms with E-state index in [4.69, 9.17) is 9.47 Å². The minimum Gasteiger partial charge on any atom is -0.474 e. The third-order valence-corrected chi connectivity index (χ3v) is 6.70. The number of nitro benzene ring substituents is 1. The van der Waals surface area contributed by atoms with E-state index in [1.165, 1.54) is 23.4 Å². The average Bonchev–Trinajstić information content (AvgIpc) is 3.23. The van der Waals surface area contributed by atoms with E-state index in [0.717, 1.165) is 18.9 Å². The molecule has 154 valence electrons. The summed E-state index contributed by atoms with van der Waals surface area (Å²) >= 11 is 0. The molecule has 0 unspecified atom stereocenters. The summed E-state index contributed by atoms with van der Waals surface area (Å²) < 4.78 is 37.3. The molecule has 10 nitrogen and oxygen atoms in total. The zero-order valence-corrected chi connectivity index (χ0v) is 16.4. The number of morpholine rings is 1. The average molecular weight is 413 g/mol. The monoisotopic (exact) mass is 413 g/mol. The van der Waals surface area contributed by atoms with Crippen molar-refractivity contribution < 1.29 is 27.6 Å². The van der Waals surface area contributed by atoms with Gasteiger partial charge in [0.15, 0.2) is 11.9 Å². The molecular weight excluding hydrogens is 390 g/mol. The minimum atomic E-state index is -3.79. The second kappa shape index (κ2) is 8.41. The van der Waals surface area contributed by atoms with E-state index < -0.39 is 26.7 Å². The Labute approximate surface area is 163 Å². The molecule has 1 aromatic carbocycles. The summed E-state index contributed by atoms with van der Waals surface area (Å²) in [5, 5.41) is 11.5. The van der Waals surface area contributed by atoms with Gasteiger partial charge in [-0.3, -0.25) is 14.9 Å². The maximum absolute atomic E-state index is 12.6. The quantitative estimate of drug-likeness (QED) is 0.504. The van der Waals surface area contributed by atoms with Crippen molar-refractivity contribution in [3.05, 3.63) is 28.3 Å². The van der Waals surface area contributed by atoms with Crippen molar-refractivity contribution in [2.75, 3.05) is 39.4 Å². The predicted octanol–water partition coefficient (Wildman–Crippen LogP) is 1.01. The molecule has 2 saturated heterocycles. The standard InChI is InChI=1S/C17H23N3O7S/c1-13(17(21)18-8-10-26-11-9-18)27-16-5-4-14(12-15(16)20(22)23)28(24,25)19-6-2-3-7-19/h4-5,12-13H,2-3,6-11H2,1H3/t13-/m1/s1. The first kappa shape index (κ1) is 20.5. The molecule has 2 aliphatic rings. The molecule has 0 spiro atoms. The third kappa shape index (κ3) is 4.26. The number of nitro groups is 1. The Morgan fingerprint density at radius 3 is 2.46 bits per heavy atom. The van der Waals surface area contributed by atoms with Crippen molar-refractivity contribution >= 4 is 21.6 Å². The predicted molar refractivity (Wildman–Crippen MR) is 98.6 cm³/mol. The fraction of sp³-hybridized carbons (Fsp3) is 0.588. The molecule has 1 amide bonds. The molecule has 0 N–H and O–H groups in total. The van der Waals surface area contributed by atoms with Crippen LogP contribution in [-0.2, 0) is 19.6 Å². The van der Waals surface area contributed by atoms with E-state index in [2.05, 4.69) is 0 Å². The number of carbonyl (C=O) groups excluding carboxylic acids is 1. The Bertz CT molecular complexity index is 846. The van der Waals surface area contributed by atoms with Crippen LogP contribution in [0.5, 0.6) is 5.75 Å². The molecule has 28 heavy (non-hydrogen) atoms. The zero-order valence-electron chi connectivity index (χ0n) is 15.6. The second-order valence-electron chi connectivity index (χ2n) is 6.70. The van der Waals surface area contributed by atoms with Gasteiger partial charge in [-0.15, -0.1) is 0 Å². The van der Waals surface area contributed by atoms with Gasteiger partial charge < -0.3 is 14.4 Å². The first-order chi connectivity index (χ1) is 13.3. The number of amides is 1. The Balaban J connectivity index is 1.81. The van der Waals surface area contributed by atoms with Crippen LogP contribution in [0.25, 0.3) is 0 Å². The smallest absolute Gasteiger partial charge is 0.312 e. The summed E-state index contributed by atoms with van der Waals surface area (Å²) in [5.41, 5.74) is -0.484. The lowest BCUT2D eigenvalue weighted by Crippen LogP contribution is -2.46. The highest BCUT2D eigenvalue weighted by molar-refractivity contribution is 7.89. The molecule has 0 radical (unpaired) electrons. The fourth-order valence-electron chi connectivity index (χ4n) is 3.26. The van der Waals surface area contributed by atoms with Crippen LogP contribution < -0.4 is 4.74 Å². The Hall–Kier alpha value is -2.24. The Morgan fingerprint density at radius 2 is 1.86 bits per heavy atom. The lowest BCUT2D eigenvalue weighted by molar-refractivity contribution is -0.386. The summed E-state index contributed by atoms with van der Waals surface area (Å²) in [5.74, 6) is -0.439. The molecule has 0 saturated carbocycles. The first-order valence-electron chi connectivity index (χ1n) is 9.12. The number of nitrogens with zero attached hydrogens (tertiary/aromatic N) is 3. The maximum atomic E-state index is 12.6. The highest BCUT2D eigenvalue weighted by Gasteiger charge is 2.31. The molecule has 0 aliphatic carbocycles. The SMILES string of the molecule is C[C@@H](Oc1ccc(S(=O)(=O)N2CCCC2)cc1[N+](=O)[O-])C(=O)N1CCOCC1. The Kier molecular flexibility index (Phi) is 6.16. The van der Waals surface area contributed by atoms with Crippen LogP contribution in [0.3, 0.4) is 0 Å². The van der Waals surface area contributed by atoms with Crippen molar-refractivity contribution in [1.29, 1.82) is 0 Å². The number of benzene rings is 1. The topological polar surface area (TPSA) is 119 Å². The van der Waals surface area contributed by atoms with Gasteiger partial charge in [0.1, 0.15) is 0 Å². The molecule has 2 fully saturated rings. The normalized spacial score (nSPS) is 19.4. The summed E-state index contributed by atoms with van der Waals surface area (Å²) in [6.07, 6.45) is 0.589. The first-order valence-corrected chi connectivity index (χ1v) is 10.6. The van der Waals surface area contributed by atoms with Gasteiger partial charge in [0.2, 0.25) is 10.0 Å². The number of hydrogen-bond acceptors (Lipinski definition) is 7. The zero-order chi connectivity index (χ0) is 20.3. The van der Waals surface area contributed by atoms with Crippen molar-refractivity contribution in [3.63, 3.8) is 0 Å². The summed E-state index contributed by atoms with van der Waals surface area (Å²) in [4.78, 5) is 24.7. The van der Waals surface area contributed by atoms with Crippen LogP contribution in [0, 0.1) is 10.1 Å². The number of carbonyl (C=O) groups is 1. The van der Waals surface area contributed by atoms with Crippen molar-refractivity contribution in [1.82, 2.24) is 9.21 Å². The molecule has 0 bridgehead atoms. The van der Waals surface area contributed by atoms with E-state index in [1.54, 1.807) is 4.90 Å². The van der Waals surface area contributed by atoms with Gasteiger partial charge >= 0.3 is 5.69 Å². The largest absolute Gasteiger partial charge is 0.474 e. The minimum absolute atomic E-state index is 0.139. The summed E-state index contributed by atoms with van der Waals surface area (Å²) in [6, 6.07) is 3.51. The van der Waals surface area contributed by atoms with Crippen LogP contribution in [0.1, 0.15) is 19.8 Å². The van der Waals surface area contributed by atoms with Gasteiger partial charge in [0.25, 0.3) is 5.91 Å². The van der Waals surface area contributed by atoms with Crippen LogP contribution in [-0.4, -0.2) is 74.0 Å². The molecule has 2 aliphatic heterocycles. The molecular formula is C17H23N3O7S. The number of ether oxygens (including phenoxy) is 2. The van der Waals surface area contributed by atoms with Crippen LogP contribution in [0.15, 0.2) is 23.1 Å². The van der Waals surface area contributed by atoms with E-state index in [9.17, 15) is 23.3 Å². The van der Waals surface area contributed by atoms with E-state index in [1.807, 2.05) is 0 Å². The van der Waals surface area contributed by atoms with Gasteiger partial charge in [-0.1, -0.05) is 0 Å². The third-order valence-electron chi connectivity index (χ3n) is 4.80. The lowest BCUT2D eigenvalue weighted by atomic mass is 10.2. The molecule has 2 heterocycles. The van der Waals surface area contributed by atoms with Crippen molar-refractivity contribution in [3.8, 4) is 5.75 Å². The van der Waals surface area contributed by atoms with Crippen LogP contribution in [0.4, 0.5) is 5.69 Å². The van der Waals surface area contributed by atoms with Gasteiger partial charge in [0, 0.05) is 32.2 Å². The van der Waals surface area contributed by atoms with Crippen LogP contribution >= 0.6 is 0 Å². The maximum Gasteiger partial charge on any atom is 0.312 e. The Morgan fingerprint density at radius 1 is 1.21 bits per heavy atom. The van der Waals surface area contributed by atoms with Crippen LogP contribution in [0.2, 0.25) is 0 Å². The van der Waals surface area contributed by atoms with Gasteiger partial charge in [-0.25, -0.2) is 8.42 Å². The summed E-state index contributed by atoms with van der Waals surface area (Å²) in [7, 11) is -3.79. The van der Waals surface area contributed by atoms with E-state index >= 15 is 0 Å². The van der Waals surface area contributed by atoms with Crippen molar-refractivity contribution in [2.45, 2.75) is 30.8 Å². The number of hydrogen-bond donors (Lipinski definition) is 0. The highest BCUT2D eigenvalue weighted by Crippen LogP contribution is 2.32. The molecule has 11 heteroatoms. The van der Waals surface area contributed by atoms with Gasteiger partial charge in [0.05, 0.1) is 23.0 Å². The second-order valence-corrected chi connectivity index (χ2v) is 8.63. The molecule has 0 aromatic heterocycles. The number of sulfonamides is 1. The molecule has 1 aromatic rings. The van der Waals surface area contributed by atoms with Gasteiger partial charge in [-0.2, -0.15) is 4.31 Å². The van der Waals surface area contributed by atoms with E-state index in [-0.39, 0.29) is 16.6 Å². The van der Waals surface area contributed by atoms with Gasteiger partial charge in [-0.05, 0) is 31.9 Å². The van der Waals surface area contributed by atoms with Crippen molar-refractivity contribution in [2.24, 2.45) is 0 Å². The fourth-order valence-corrected chi connectivity index (χ4v) is 4.80. The molecule has 1 atom stereocenters. The summed E-state index contributed by atoms with van der Waals surface area (Å²) in [6.45, 7) is 4.04. The molecule has 3 rings (SSSR count). The lowest BCUT2D eigenvalue weighted by Gasteiger charge is -2.29. The highest BCUT2D eigenvalue weighted by atomic mass is 32.2. The number of rotatable bonds is 6.